The molecule has 4 aromatic rings. The minimum atomic E-state index is -0.566. The number of hydrogen-bond acceptors (Lipinski definition) is 7. The van der Waals surface area contributed by atoms with E-state index in [1.807, 2.05) is 49.5 Å². The highest BCUT2D eigenvalue weighted by molar-refractivity contribution is 6.10. The van der Waals surface area contributed by atoms with Gasteiger partial charge in [0, 0.05) is 31.1 Å². The van der Waals surface area contributed by atoms with Crippen molar-refractivity contribution in [2.45, 2.75) is 51.6 Å². The fraction of sp³-hybridized carbons (Fsp3) is 0.400. The normalized spacial score (nSPS) is 17.0. The third-order valence-corrected chi connectivity index (χ3v) is 9.67. The monoisotopic (exact) mass is 679 g/mol. The molecule has 0 aromatic heterocycles. The van der Waals surface area contributed by atoms with E-state index in [0.29, 0.717) is 29.4 Å². The molecule has 2 fully saturated rings. The number of fused-ring (bicyclic) bond motifs is 1. The first kappa shape index (κ1) is 35.2. The fourth-order valence-electron chi connectivity index (χ4n) is 6.72. The molecule has 2 saturated heterocycles. The van der Waals surface area contributed by atoms with Gasteiger partial charge in [-0.1, -0.05) is 75.4 Å². The van der Waals surface area contributed by atoms with E-state index >= 15 is 0 Å². The van der Waals surface area contributed by atoms with Gasteiger partial charge < -0.3 is 29.7 Å². The van der Waals surface area contributed by atoms with Crippen molar-refractivity contribution >= 4 is 40.0 Å². The summed E-state index contributed by atoms with van der Waals surface area (Å²) in [5.41, 5.74) is 5.63. The molecule has 2 aliphatic rings. The molecule has 0 saturated carbocycles. The van der Waals surface area contributed by atoms with Crippen LogP contribution in [0, 0.1) is 0 Å². The van der Waals surface area contributed by atoms with Crippen molar-refractivity contribution in [3.8, 4) is 16.9 Å². The number of nitrogens with zero attached hydrogens (tertiary/aromatic N) is 2. The van der Waals surface area contributed by atoms with E-state index in [-0.39, 0.29) is 11.5 Å². The van der Waals surface area contributed by atoms with Crippen LogP contribution in [-0.2, 0) is 21.4 Å². The Bertz CT molecular complexity index is 1810. The fourth-order valence-corrected chi connectivity index (χ4v) is 6.72. The molecule has 6 rings (SSSR count). The first-order chi connectivity index (χ1) is 24.1. The van der Waals surface area contributed by atoms with Gasteiger partial charge in [-0.25, -0.2) is 9.59 Å². The van der Waals surface area contributed by atoms with E-state index in [2.05, 4.69) is 76.9 Å². The minimum Gasteiger partial charge on any atom is -0.492 e. The molecule has 1 atom stereocenters. The van der Waals surface area contributed by atoms with Gasteiger partial charge in [0.1, 0.15) is 6.61 Å². The summed E-state index contributed by atoms with van der Waals surface area (Å²) in [6.07, 6.45) is 1.52. The van der Waals surface area contributed by atoms with Crippen molar-refractivity contribution in [2.24, 2.45) is 0 Å². The van der Waals surface area contributed by atoms with Gasteiger partial charge in [-0.05, 0) is 77.7 Å². The van der Waals surface area contributed by atoms with Crippen molar-refractivity contribution in [3.63, 3.8) is 0 Å². The third kappa shape index (κ3) is 8.38. The Labute approximate surface area is 295 Å². The molecule has 2 aliphatic heterocycles. The second-order valence-electron chi connectivity index (χ2n) is 14.2. The lowest BCUT2D eigenvalue weighted by Gasteiger charge is -2.26. The standard InChI is InChI=1S/C40H49N5O5/c1-40(2,3)29-23-35(37(48-5)36(24-29)43-39(47)50-26-30-9-8-18-44(30)4)42-38(46)41-34-17-16-31(32-10-6-7-11-33(32)34)28-14-12-27(13-15-28)25-45-19-21-49-22-20-45/h6-7,10-17,23-24,30H,8-9,18-22,25-26H2,1-5H3,(H,43,47)(H2,41,42,46)/t30-/m0/s1. The maximum Gasteiger partial charge on any atom is 0.411 e. The average molecular weight is 680 g/mol. The Kier molecular flexibility index (Phi) is 10.9. The molecule has 0 unspecified atom stereocenters. The molecule has 3 N–H and O–H groups in total. The van der Waals surface area contributed by atoms with Gasteiger partial charge in [-0.15, -0.1) is 0 Å². The lowest BCUT2D eigenvalue weighted by Crippen LogP contribution is -2.35. The van der Waals surface area contributed by atoms with Gasteiger partial charge in [0.15, 0.2) is 5.75 Å². The van der Waals surface area contributed by atoms with Gasteiger partial charge >= 0.3 is 12.1 Å². The summed E-state index contributed by atoms with van der Waals surface area (Å²) < 4.78 is 16.8. The van der Waals surface area contributed by atoms with Crippen LogP contribution >= 0.6 is 0 Å². The number of carbonyl (C=O) groups excluding carboxylic acids is 2. The number of rotatable bonds is 9. The van der Waals surface area contributed by atoms with Crippen molar-refractivity contribution < 1.29 is 23.8 Å². The highest BCUT2D eigenvalue weighted by atomic mass is 16.5. The molecule has 4 aromatic carbocycles. The number of urea groups is 1. The molecule has 10 heteroatoms. The molecule has 3 amide bonds. The lowest BCUT2D eigenvalue weighted by molar-refractivity contribution is 0.0342. The van der Waals surface area contributed by atoms with Crippen molar-refractivity contribution in [1.29, 1.82) is 0 Å². The number of benzene rings is 4. The number of likely N-dealkylation sites (N-methyl/N-ethyl adjacent to an activating group) is 1. The Morgan fingerprint density at radius 3 is 2.20 bits per heavy atom. The summed E-state index contributed by atoms with van der Waals surface area (Å²) in [4.78, 5) is 31.2. The summed E-state index contributed by atoms with van der Waals surface area (Å²) in [7, 11) is 3.56. The number of amides is 3. The van der Waals surface area contributed by atoms with Gasteiger partial charge in [0.2, 0.25) is 0 Å². The van der Waals surface area contributed by atoms with Crippen LogP contribution in [0.4, 0.5) is 26.7 Å². The van der Waals surface area contributed by atoms with Crippen LogP contribution < -0.4 is 20.7 Å². The number of likely N-dealkylation sites (tertiary alicyclic amines) is 1. The summed E-state index contributed by atoms with van der Waals surface area (Å²) in [5, 5.41) is 10.9. The number of carbonyl (C=O) groups is 2. The molecule has 264 valence electrons. The molecule has 0 radical (unpaired) electrons. The second kappa shape index (κ2) is 15.5. The van der Waals surface area contributed by atoms with Gasteiger partial charge in [0.05, 0.1) is 37.4 Å². The first-order valence-electron chi connectivity index (χ1n) is 17.4. The van der Waals surface area contributed by atoms with E-state index in [1.54, 1.807) is 0 Å². The highest BCUT2D eigenvalue weighted by Gasteiger charge is 2.25. The number of methoxy groups -OCH3 is 1. The lowest BCUT2D eigenvalue weighted by atomic mass is 9.86. The zero-order valence-corrected chi connectivity index (χ0v) is 29.8. The SMILES string of the molecule is COc1c(NC(=O)Nc2ccc(-c3ccc(CN4CCOCC4)cc3)c3ccccc23)cc(C(C)(C)C)cc1NC(=O)OC[C@@H]1CCCN1C. The van der Waals surface area contributed by atoms with Crippen LogP contribution in [0.3, 0.4) is 0 Å². The van der Waals surface area contributed by atoms with Crippen LogP contribution in [0.25, 0.3) is 21.9 Å². The van der Waals surface area contributed by atoms with Crippen molar-refractivity contribution in [3.05, 3.63) is 83.9 Å². The maximum atomic E-state index is 13.6. The smallest absolute Gasteiger partial charge is 0.411 e. The Balaban J connectivity index is 1.20. The zero-order chi connectivity index (χ0) is 35.3. The zero-order valence-electron chi connectivity index (χ0n) is 29.8. The maximum absolute atomic E-state index is 13.6. The van der Waals surface area contributed by atoms with E-state index in [4.69, 9.17) is 14.2 Å². The largest absolute Gasteiger partial charge is 0.492 e. The van der Waals surface area contributed by atoms with Crippen LogP contribution in [0.5, 0.6) is 5.75 Å². The third-order valence-electron chi connectivity index (χ3n) is 9.67. The van der Waals surface area contributed by atoms with Crippen molar-refractivity contribution in [2.75, 3.05) is 69.6 Å². The molecule has 2 heterocycles. The van der Waals surface area contributed by atoms with Gasteiger partial charge in [-0.2, -0.15) is 0 Å². The molecule has 10 nitrogen and oxygen atoms in total. The quantitative estimate of drug-likeness (QED) is 0.165. The van der Waals surface area contributed by atoms with Gasteiger partial charge in [-0.3, -0.25) is 10.2 Å². The Morgan fingerprint density at radius 1 is 0.860 bits per heavy atom. The van der Waals surface area contributed by atoms with Gasteiger partial charge in [0.25, 0.3) is 0 Å². The van der Waals surface area contributed by atoms with E-state index in [1.165, 1.54) is 12.7 Å². The minimum absolute atomic E-state index is 0.209. The Morgan fingerprint density at radius 2 is 1.54 bits per heavy atom. The average Bonchev–Trinajstić information content (AvgIpc) is 3.52. The summed E-state index contributed by atoms with van der Waals surface area (Å²) in [6, 6.07) is 24.3. The predicted molar refractivity (Wildman–Crippen MR) is 200 cm³/mol. The molecular formula is C40H49N5O5. The predicted octanol–water partition coefficient (Wildman–Crippen LogP) is 7.93. The molecule has 50 heavy (non-hydrogen) atoms. The first-order valence-corrected chi connectivity index (χ1v) is 17.4. The number of hydrogen-bond donors (Lipinski definition) is 3. The summed E-state index contributed by atoms with van der Waals surface area (Å²) in [6.45, 7) is 11.9. The highest BCUT2D eigenvalue weighted by Crippen LogP contribution is 2.39. The molecule has 0 spiro atoms. The van der Waals surface area contributed by atoms with Crippen LogP contribution in [-0.4, -0.2) is 81.6 Å². The molecule has 0 aliphatic carbocycles. The molecular weight excluding hydrogens is 630 g/mol. The van der Waals surface area contributed by atoms with Crippen molar-refractivity contribution in [1.82, 2.24) is 9.80 Å². The van der Waals surface area contributed by atoms with Crippen LogP contribution in [0.1, 0.15) is 44.7 Å². The number of anilines is 3. The van der Waals surface area contributed by atoms with Crippen LogP contribution in [0.15, 0.2) is 72.8 Å². The van der Waals surface area contributed by atoms with E-state index in [0.717, 1.165) is 79.7 Å². The second-order valence-corrected chi connectivity index (χ2v) is 14.2. The summed E-state index contributed by atoms with van der Waals surface area (Å²) >= 11 is 0. The van der Waals surface area contributed by atoms with E-state index in [9.17, 15) is 9.59 Å². The summed E-state index contributed by atoms with van der Waals surface area (Å²) in [5.74, 6) is 0.334. The van der Waals surface area contributed by atoms with Crippen LogP contribution in [0.2, 0.25) is 0 Å². The topological polar surface area (TPSA) is 104 Å². The van der Waals surface area contributed by atoms with E-state index < -0.39 is 12.1 Å². The number of ether oxygens (including phenoxy) is 3. The molecule has 0 bridgehead atoms. The Hall–Kier alpha value is -4.64. The number of morpholine rings is 1. The number of nitrogens with one attached hydrogen (secondary N) is 3.